The Labute approximate surface area is 99.1 Å². The van der Waals surface area contributed by atoms with Gasteiger partial charge >= 0.3 is 0 Å². The Bertz CT molecular complexity index is 563. The lowest BCUT2D eigenvalue weighted by molar-refractivity contribution is -0.122. The van der Waals surface area contributed by atoms with E-state index in [-0.39, 0.29) is 11.8 Å². The van der Waals surface area contributed by atoms with Crippen molar-refractivity contribution in [1.82, 2.24) is 15.3 Å². The number of rotatable bonds is 3. The summed E-state index contributed by atoms with van der Waals surface area (Å²) >= 11 is 0. The summed E-state index contributed by atoms with van der Waals surface area (Å²) in [4.78, 5) is 20.0. The molecule has 4 heteroatoms. The average Bonchev–Trinajstić information content (AvgIpc) is 3.20. The zero-order valence-electron chi connectivity index (χ0n) is 9.39. The van der Waals surface area contributed by atoms with E-state index in [0.29, 0.717) is 6.54 Å². The van der Waals surface area contributed by atoms with Crippen LogP contribution in [0.3, 0.4) is 0 Å². The minimum Gasteiger partial charge on any atom is -0.352 e. The van der Waals surface area contributed by atoms with E-state index in [1.54, 1.807) is 12.4 Å². The summed E-state index contributed by atoms with van der Waals surface area (Å²) in [5.74, 6) is 0.430. The number of amides is 1. The molecule has 0 radical (unpaired) electrons. The Morgan fingerprint density at radius 1 is 1.24 bits per heavy atom. The lowest BCUT2D eigenvalue weighted by Crippen LogP contribution is -2.24. The molecule has 0 unspecified atom stereocenters. The van der Waals surface area contributed by atoms with Gasteiger partial charge in [-0.3, -0.25) is 14.8 Å². The van der Waals surface area contributed by atoms with Gasteiger partial charge in [-0.2, -0.15) is 0 Å². The Morgan fingerprint density at radius 2 is 2.00 bits per heavy atom. The van der Waals surface area contributed by atoms with Crippen molar-refractivity contribution >= 4 is 16.9 Å². The van der Waals surface area contributed by atoms with Gasteiger partial charge in [0.1, 0.15) is 0 Å². The number of benzene rings is 1. The molecule has 1 aromatic heterocycles. The Kier molecular flexibility index (Phi) is 2.48. The van der Waals surface area contributed by atoms with E-state index in [0.717, 1.165) is 29.4 Å². The molecule has 86 valence electrons. The fourth-order valence-corrected chi connectivity index (χ4v) is 1.80. The predicted octanol–water partition coefficient (Wildman–Crippen LogP) is 1.66. The van der Waals surface area contributed by atoms with Crippen LogP contribution in [0.15, 0.2) is 30.6 Å². The maximum atomic E-state index is 11.5. The molecule has 1 aromatic carbocycles. The quantitative estimate of drug-likeness (QED) is 0.867. The Morgan fingerprint density at radius 3 is 2.76 bits per heavy atom. The molecule has 1 saturated carbocycles. The van der Waals surface area contributed by atoms with Crippen molar-refractivity contribution in [3.8, 4) is 0 Å². The van der Waals surface area contributed by atoms with Gasteiger partial charge in [0, 0.05) is 24.9 Å². The zero-order valence-corrected chi connectivity index (χ0v) is 9.39. The van der Waals surface area contributed by atoms with Crippen molar-refractivity contribution in [2.45, 2.75) is 19.4 Å². The molecule has 1 amide bonds. The standard InChI is InChI=1S/C13H13N3O/c17-13(10-2-3-10)16-8-9-1-4-11-12(7-9)15-6-5-14-11/h1,4-7,10H,2-3,8H2,(H,16,17). The molecule has 3 rings (SSSR count). The normalized spacial score (nSPS) is 14.8. The van der Waals surface area contributed by atoms with Gasteiger partial charge in [0.05, 0.1) is 11.0 Å². The summed E-state index contributed by atoms with van der Waals surface area (Å²) in [5, 5.41) is 2.94. The number of nitrogens with zero attached hydrogens (tertiary/aromatic N) is 2. The highest BCUT2D eigenvalue weighted by Gasteiger charge is 2.29. The first-order valence-corrected chi connectivity index (χ1v) is 5.80. The third-order valence-electron chi connectivity index (χ3n) is 2.95. The fraction of sp³-hybridized carbons (Fsp3) is 0.308. The highest BCUT2D eigenvalue weighted by molar-refractivity contribution is 5.81. The van der Waals surface area contributed by atoms with Crippen molar-refractivity contribution in [1.29, 1.82) is 0 Å². The molecule has 4 nitrogen and oxygen atoms in total. The molecule has 2 aromatic rings. The smallest absolute Gasteiger partial charge is 0.223 e. The van der Waals surface area contributed by atoms with Gasteiger partial charge in [0.25, 0.3) is 0 Å². The molecular formula is C13H13N3O. The summed E-state index contributed by atoms with van der Waals surface area (Å²) in [6, 6.07) is 5.88. The second kappa shape index (κ2) is 4.13. The van der Waals surface area contributed by atoms with E-state index < -0.39 is 0 Å². The topological polar surface area (TPSA) is 54.9 Å². The molecule has 0 bridgehead atoms. The number of nitrogens with one attached hydrogen (secondary N) is 1. The van der Waals surface area contributed by atoms with Crippen LogP contribution < -0.4 is 5.32 Å². The third-order valence-corrected chi connectivity index (χ3v) is 2.95. The Hall–Kier alpha value is -1.97. The number of hydrogen-bond acceptors (Lipinski definition) is 3. The second-order valence-corrected chi connectivity index (χ2v) is 4.37. The molecule has 1 fully saturated rings. The van der Waals surface area contributed by atoms with Crippen LogP contribution in [-0.2, 0) is 11.3 Å². The molecule has 0 saturated heterocycles. The highest BCUT2D eigenvalue weighted by Crippen LogP contribution is 2.28. The van der Waals surface area contributed by atoms with Crippen molar-refractivity contribution in [3.05, 3.63) is 36.2 Å². The van der Waals surface area contributed by atoms with E-state index in [2.05, 4.69) is 15.3 Å². The van der Waals surface area contributed by atoms with Gasteiger partial charge in [0.15, 0.2) is 0 Å². The summed E-state index contributed by atoms with van der Waals surface area (Å²) in [7, 11) is 0. The predicted molar refractivity (Wildman–Crippen MR) is 64.1 cm³/mol. The van der Waals surface area contributed by atoms with Crippen molar-refractivity contribution in [2.75, 3.05) is 0 Å². The molecule has 17 heavy (non-hydrogen) atoms. The SMILES string of the molecule is O=C(NCc1ccc2nccnc2c1)C1CC1. The maximum Gasteiger partial charge on any atom is 0.223 e. The number of aromatic nitrogens is 2. The largest absolute Gasteiger partial charge is 0.352 e. The summed E-state index contributed by atoms with van der Waals surface area (Å²) < 4.78 is 0. The molecule has 1 heterocycles. The third kappa shape index (κ3) is 2.25. The molecule has 0 aliphatic heterocycles. The van der Waals surface area contributed by atoms with Crippen LogP contribution in [0.2, 0.25) is 0 Å². The van der Waals surface area contributed by atoms with Gasteiger partial charge in [-0.25, -0.2) is 0 Å². The number of carbonyl (C=O) groups excluding carboxylic acids is 1. The minimum absolute atomic E-state index is 0.171. The van der Waals surface area contributed by atoms with E-state index >= 15 is 0 Å². The van der Waals surface area contributed by atoms with Crippen molar-refractivity contribution in [2.24, 2.45) is 5.92 Å². The van der Waals surface area contributed by atoms with Gasteiger partial charge in [-0.15, -0.1) is 0 Å². The van der Waals surface area contributed by atoms with Gasteiger partial charge in [0.2, 0.25) is 5.91 Å². The molecule has 0 spiro atoms. The summed E-state index contributed by atoms with van der Waals surface area (Å²) in [6.07, 6.45) is 5.43. The first kappa shape index (κ1) is 10.2. The number of hydrogen-bond donors (Lipinski definition) is 1. The first-order chi connectivity index (χ1) is 8.33. The minimum atomic E-state index is 0.171. The second-order valence-electron chi connectivity index (χ2n) is 4.37. The van der Waals surface area contributed by atoms with Crippen LogP contribution >= 0.6 is 0 Å². The van der Waals surface area contributed by atoms with Crippen LogP contribution in [-0.4, -0.2) is 15.9 Å². The highest BCUT2D eigenvalue weighted by atomic mass is 16.2. The molecular weight excluding hydrogens is 214 g/mol. The van der Waals surface area contributed by atoms with Gasteiger partial charge < -0.3 is 5.32 Å². The van der Waals surface area contributed by atoms with Crippen LogP contribution in [0.5, 0.6) is 0 Å². The lowest BCUT2D eigenvalue weighted by atomic mass is 10.2. The summed E-state index contributed by atoms with van der Waals surface area (Å²) in [5.41, 5.74) is 2.81. The molecule has 1 aliphatic carbocycles. The monoisotopic (exact) mass is 227 g/mol. The average molecular weight is 227 g/mol. The Balaban J connectivity index is 1.74. The van der Waals surface area contributed by atoms with Crippen LogP contribution in [0.25, 0.3) is 11.0 Å². The zero-order chi connectivity index (χ0) is 11.7. The fourth-order valence-electron chi connectivity index (χ4n) is 1.80. The van der Waals surface area contributed by atoms with Crippen molar-refractivity contribution in [3.63, 3.8) is 0 Å². The number of fused-ring (bicyclic) bond motifs is 1. The van der Waals surface area contributed by atoms with E-state index in [1.807, 2.05) is 18.2 Å². The molecule has 1 N–H and O–H groups in total. The first-order valence-electron chi connectivity index (χ1n) is 5.80. The van der Waals surface area contributed by atoms with E-state index in [9.17, 15) is 4.79 Å². The van der Waals surface area contributed by atoms with E-state index in [4.69, 9.17) is 0 Å². The number of carbonyl (C=O) groups is 1. The summed E-state index contributed by atoms with van der Waals surface area (Å²) in [6.45, 7) is 0.571. The molecule has 0 atom stereocenters. The van der Waals surface area contributed by atoms with Crippen LogP contribution in [0, 0.1) is 5.92 Å². The molecule has 1 aliphatic rings. The maximum absolute atomic E-state index is 11.5. The van der Waals surface area contributed by atoms with E-state index in [1.165, 1.54) is 0 Å². The van der Waals surface area contributed by atoms with Crippen LogP contribution in [0.4, 0.5) is 0 Å². The van der Waals surface area contributed by atoms with Crippen LogP contribution in [0.1, 0.15) is 18.4 Å². The lowest BCUT2D eigenvalue weighted by Gasteiger charge is -2.05. The van der Waals surface area contributed by atoms with Gasteiger partial charge in [-0.1, -0.05) is 6.07 Å². The van der Waals surface area contributed by atoms with Crippen molar-refractivity contribution < 1.29 is 4.79 Å². The van der Waals surface area contributed by atoms with Gasteiger partial charge in [-0.05, 0) is 30.5 Å².